The number of hydrogen-bond acceptors (Lipinski definition) is 2. The Morgan fingerprint density at radius 3 is 3.22 bits per heavy atom. The Morgan fingerprint density at radius 2 is 2.67 bits per heavy atom. The summed E-state index contributed by atoms with van der Waals surface area (Å²) in [6.45, 7) is 0. The summed E-state index contributed by atoms with van der Waals surface area (Å²) in [4.78, 5) is 0. The van der Waals surface area contributed by atoms with Crippen LogP contribution in [0.2, 0.25) is 2.82 Å². The van der Waals surface area contributed by atoms with Gasteiger partial charge in [0, 0.05) is 0 Å². The zero-order valence-corrected chi connectivity index (χ0v) is 5.09. The number of methoxy groups -OCH3 is 1. The summed E-state index contributed by atoms with van der Waals surface area (Å²) in [5.41, 5.74) is 0.696. The van der Waals surface area contributed by atoms with Crippen LogP contribution in [0.5, 0.6) is 5.75 Å². The van der Waals surface area contributed by atoms with Gasteiger partial charge in [-0.1, -0.05) is 12.1 Å². The summed E-state index contributed by atoms with van der Waals surface area (Å²) in [6.07, 6.45) is 0. The maximum Gasteiger partial charge on any atom is 0.156 e. The van der Waals surface area contributed by atoms with Crippen LogP contribution in [0.15, 0.2) is 24.2 Å². The largest absolute Gasteiger partial charge is 0.495 e. The number of hydrogen-bond donors (Lipinski definition) is 1. The van der Waals surface area contributed by atoms with E-state index in [0.717, 1.165) is 0 Å². The van der Waals surface area contributed by atoms with Gasteiger partial charge in [-0.15, -0.1) is 0 Å². The van der Waals surface area contributed by atoms with E-state index >= 15 is 0 Å². The lowest BCUT2D eigenvalue weighted by Gasteiger charge is -2.00. The van der Waals surface area contributed by atoms with Gasteiger partial charge in [0.05, 0.1) is 14.2 Å². The first-order valence-corrected chi connectivity index (χ1v) is 2.58. The smallest absolute Gasteiger partial charge is 0.156 e. The van der Waals surface area contributed by atoms with Crippen molar-refractivity contribution in [1.82, 2.24) is 0 Å². The number of nitrogen functional groups attached to an aromatic ring is 1. The molecule has 1 aromatic rings. The molecule has 2 heteroatoms. The van der Waals surface area contributed by atoms with E-state index in [0.29, 0.717) is 5.72 Å². The van der Waals surface area contributed by atoms with E-state index in [1.54, 1.807) is 18.2 Å². The highest BCUT2D eigenvalue weighted by atomic mass is 16.5. The zero-order chi connectivity index (χ0) is 9.14. The van der Waals surface area contributed by atoms with E-state index in [9.17, 15) is 0 Å². The van der Waals surface area contributed by atoms with E-state index < -0.39 is 0 Å². The van der Waals surface area contributed by atoms with Gasteiger partial charge in [-0.05, 0) is 12.1 Å². The van der Waals surface area contributed by atoms with E-state index in [1.807, 2.05) is 0 Å². The molecule has 2 N–H and O–H groups in total. The molecule has 1 rings (SSSR count). The average Bonchev–Trinajstić information content (AvgIpc) is 2.03. The summed E-state index contributed by atoms with van der Waals surface area (Å²) in [5.74, 6) is 0.252. The molecule has 0 saturated carbocycles. The molecule has 2 nitrogen and oxygen atoms in total. The van der Waals surface area contributed by atoms with Gasteiger partial charge >= 0.3 is 0 Å². The quantitative estimate of drug-likeness (QED) is 0.606. The first kappa shape index (κ1) is 3.11. The Hall–Kier alpha value is -1.18. The standard InChI is InChI=1S/C7H9NO/c1-9-7-5-3-2-4-6(7)8/h2-5H,8H2,1H3/i5D/hD2. The second-order valence-electron chi connectivity index (χ2n) is 1.59. The molecule has 0 radical (unpaired) electrons. The lowest BCUT2D eigenvalue weighted by molar-refractivity contribution is 0.417. The molecule has 9 heavy (non-hydrogen) atoms. The van der Waals surface area contributed by atoms with E-state index in [1.165, 1.54) is 7.11 Å². The molecule has 0 aliphatic rings. The van der Waals surface area contributed by atoms with Crippen molar-refractivity contribution >= 4 is 5.69 Å². The van der Waals surface area contributed by atoms with E-state index in [4.69, 9.17) is 8.93 Å². The number of para-hydroxylation sites is 2. The molecule has 0 spiro atoms. The van der Waals surface area contributed by atoms with Crippen molar-refractivity contribution < 1.29 is 8.93 Å². The van der Waals surface area contributed by atoms with Crippen LogP contribution in [-0.4, -0.2) is 7.11 Å². The average molecular weight is 126 g/mol. The van der Waals surface area contributed by atoms with Crippen LogP contribution in [0.1, 0.15) is 1.37 Å². The second kappa shape index (κ2) is 2.40. The zero-order valence-electron chi connectivity index (χ0n) is 8.09. The molecule has 0 unspecified atom stereocenters. The van der Waals surface area contributed by atoms with Gasteiger partial charge in [0.15, 0.2) is 2.82 Å². The predicted octanol–water partition coefficient (Wildman–Crippen LogP) is 1.28. The third-order valence-electron chi connectivity index (χ3n) is 1.00. The molecule has 0 aliphatic carbocycles. The van der Waals surface area contributed by atoms with Crippen molar-refractivity contribution in [3.8, 4) is 5.75 Å². The summed E-state index contributed by atoms with van der Waals surface area (Å²) in [7, 11) is 1.42. The Labute approximate surface area is 58.6 Å². The van der Waals surface area contributed by atoms with Crippen molar-refractivity contribution in [3.63, 3.8) is 0 Å². The molecule has 0 aromatic heterocycles. The highest BCUT2D eigenvalue weighted by Gasteiger charge is 1.91. The molecule has 0 bridgehead atoms. The minimum absolute atomic E-state index is 0.180. The van der Waals surface area contributed by atoms with Crippen LogP contribution in [0.4, 0.5) is 5.69 Å². The Bertz CT molecular complexity index is 277. The summed E-state index contributed by atoms with van der Waals surface area (Å²) in [6, 6.07) is 4.89. The van der Waals surface area contributed by atoms with Gasteiger partial charge in [-0.3, -0.25) is 0 Å². The molecular formula is C7H9NO. The number of ether oxygens (including phenoxy) is 1. The van der Waals surface area contributed by atoms with Crippen molar-refractivity contribution in [3.05, 3.63) is 24.2 Å². The summed E-state index contributed by atoms with van der Waals surface area (Å²) in [5, 5.41) is 0. The second-order valence-corrected chi connectivity index (χ2v) is 1.59. The molecular weight excluding hydrogens is 114 g/mol. The van der Waals surface area contributed by atoms with Crippen LogP contribution in [-0.2, 0) is 0 Å². The normalized spacial score (nSPS) is 13.2. The van der Waals surface area contributed by atoms with Gasteiger partial charge in [0.1, 0.15) is 5.75 Å². The maximum absolute atomic E-state index is 7.39. The predicted molar refractivity (Wildman–Crippen MR) is 37.4 cm³/mol. The molecule has 0 heterocycles. The van der Waals surface area contributed by atoms with Gasteiger partial charge in [-0.2, -0.15) is 0 Å². The van der Waals surface area contributed by atoms with Crippen molar-refractivity contribution in [1.29, 1.82) is 0 Å². The lowest BCUT2D eigenvalue weighted by Crippen LogP contribution is -1.89. The molecule has 48 valence electrons. The molecule has 1 aromatic carbocycles. The van der Waals surface area contributed by atoms with Gasteiger partial charge in [0.25, 0.3) is 0 Å². The van der Waals surface area contributed by atoms with Crippen molar-refractivity contribution in [2.24, 2.45) is 0 Å². The topological polar surface area (TPSA) is 35.2 Å². The first-order valence-electron chi connectivity index (χ1n) is 3.97. The van der Waals surface area contributed by atoms with E-state index in [-0.39, 0.29) is 17.5 Å². The minimum atomic E-state index is 0.180. The van der Waals surface area contributed by atoms with Gasteiger partial charge in [0.2, 0.25) is 0 Å². The van der Waals surface area contributed by atoms with Crippen molar-refractivity contribution in [2.45, 2.75) is 0 Å². The summed E-state index contributed by atoms with van der Waals surface area (Å²) < 4.78 is 26.2. The van der Waals surface area contributed by atoms with Crippen LogP contribution < -0.4 is 10.5 Å². The fraction of sp³-hybridized carbons (Fsp3) is 0.143. The fourth-order valence-electron chi connectivity index (χ4n) is 0.576. The molecule has 0 saturated heterocycles. The highest BCUT2D eigenvalue weighted by Crippen LogP contribution is 2.18. The van der Waals surface area contributed by atoms with Crippen LogP contribution >= 0.6 is 0 Å². The maximum atomic E-state index is 7.39. The monoisotopic (exact) mass is 126 g/mol. The molecule has 0 amide bonds. The highest BCUT2D eigenvalue weighted by molar-refractivity contribution is 5.51. The van der Waals surface area contributed by atoms with Crippen LogP contribution in [0.25, 0.3) is 0 Å². The van der Waals surface area contributed by atoms with Gasteiger partial charge < -0.3 is 10.5 Å². The number of nitrogens with two attached hydrogens (primary N) is 1. The minimum Gasteiger partial charge on any atom is -0.495 e. The summed E-state index contributed by atoms with van der Waals surface area (Å²) >= 11 is 0. The lowest BCUT2D eigenvalue weighted by atomic mass is 10.3. The third kappa shape index (κ3) is 1.13. The molecule has 0 fully saturated rings. The number of benzene rings is 1. The fourth-order valence-corrected chi connectivity index (χ4v) is 0.576. The Kier molecular flexibility index (Phi) is 0.827. The Morgan fingerprint density at radius 1 is 1.78 bits per heavy atom. The molecule has 0 aliphatic heterocycles. The van der Waals surface area contributed by atoms with Gasteiger partial charge in [-0.25, -0.2) is 0 Å². The molecule has 0 atom stereocenters. The van der Waals surface area contributed by atoms with Crippen LogP contribution in [0, 0.1) is 0 Å². The number of rotatable bonds is 2. The Balaban J connectivity index is 3.18. The van der Waals surface area contributed by atoms with Crippen LogP contribution in [0.3, 0.4) is 0 Å². The SMILES string of the molecule is [2H]c1cccc(N([2H])[2H])c1OC. The third-order valence-corrected chi connectivity index (χ3v) is 1.00. The van der Waals surface area contributed by atoms with Crippen molar-refractivity contribution in [2.75, 3.05) is 12.8 Å². The van der Waals surface area contributed by atoms with E-state index in [2.05, 4.69) is 0 Å². The number of anilines is 1. The first-order chi connectivity index (χ1) is 5.66.